The molecule has 2 amide bonds. The topological polar surface area (TPSA) is 93.2 Å². The first-order valence-electron chi connectivity index (χ1n) is 8.57. The Morgan fingerprint density at radius 3 is 2.68 bits per heavy atom. The van der Waals surface area contributed by atoms with Crippen LogP contribution in [0.3, 0.4) is 0 Å². The molecule has 8 heteroatoms. The second-order valence-corrected chi connectivity index (χ2v) is 7.16. The van der Waals surface area contributed by atoms with Crippen LogP contribution in [0.15, 0.2) is 18.6 Å². The highest BCUT2D eigenvalue weighted by Crippen LogP contribution is 2.22. The molecule has 1 aliphatic carbocycles. The van der Waals surface area contributed by atoms with Crippen molar-refractivity contribution in [3.05, 3.63) is 18.6 Å². The van der Waals surface area contributed by atoms with E-state index >= 15 is 0 Å². The van der Waals surface area contributed by atoms with Gasteiger partial charge in [-0.2, -0.15) is 11.8 Å². The standard InChI is InChI=1S/C17H26N4O3S/c1-12(22)20-15(7-10-25-2)17(23)21-13-3-5-14(6-4-13)24-16-11-18-8-9-19-16/h8-9,11,13-15H,3-7,10H2,1-2H3,(H,20,22)(H,21,23)/t13?,14?,15-/m0/s1. The summed E-state index contributed by atoms with van der Waals surface area (Å²) in [4.78, 5) is 31.9. The van der Waals surface area contributed by atoms with Gasteiger partial charge in [0.2, 0.25) is 17.7 Å². The molecule has 1 aromatic rings. The Bertz CT molecular complexity index is 550. The molecular weight excluding hydrogens is 340 g/mol. The second kappa shape index (κ2) is 10.2. The van der Waals surface area contributed by atoms with Crippen LogP contribution in [0.5, 0.6) is 5.88 Å². The van der Waals surface area contributed by atoms with E-state index in [2.05, 4.69) is 20.6 Å². The van der Waals surface area contributed by atoms with Crippen LogP contribution in [-0.2, 0) is 9.59 Å². The van der Waals surface area contributed by atoms with Crippen LogP contribution in [0.25, 0.3) is 0 Å². The molecule has 7 nitrogen and oxygen atoms in total. The third-order valence-corrected chi connectivity index (χ3v) is 4.80. The summed E-state index contributed by atoms with van der Waals surface area (Å²) in [6.45, 7) is 1.44. The number of carbonyl (C=O) groups is 2. The molecule has 25 heavy (non-hydrogen) atoms. The van der Waals surface area contributed by atoms with E-state index in [0.29, 0.717) is 12.3 Å². The largest absolute Gasteiger partial charge is 0.473 e. The molecule has 0 bridgehead atoms. The summed E-state index contributed by atoms with van der Waals surface area (Å²) < 4.78 is 5.82. The van der Waals surface area contributed by atoms with Gasteiger partial charge in [0.05, 0.1) is 6.20 Å². The van der Waals surface area contributed by atoms with E-state index in [1.165, 1.54) is 6.92 Å². The average Bonchev–Trinajstić information content (AvgIpc) is 2.61. The number of aromatic nitrogens is 2. The van der Waals surface area contributed by atoms with Gasteiger partial charge in [-0.05, 0) is 44.1 Å². The summed E-state index contributed by atoms with van der Waals surface area (Å²) in [7, 11) is 0. The first-order valence-corrected chi connectivity index (χ1v) is 9.97. The number of amides is 2. The maximum Gasteiger partial charge on any atom is 0.242 e. The Kier molecular flexibility index (Phi) is 7.97. The zero-order valence-electron chi connectivity index (χ0n) is 14.7. The Balaban J connectivity index is 1.77. The molecule has 1 fully saturated rings. The number of carbonyl (C=O) groups excluding carboxylic acids is 2. The van der Waals surface area contributed by atoms with E-state index in [1.54, 1.807) is 30.4 Å². The molecule has 2 rings (SSSR count). The van der Waals surface area contributed by atoms with Gasteiger partial charge in [0.15, 0.2) is 0 Å². The van der Waals surface area contributed by atoms with E-state index in [0.717, 1.165) is 31.4 Å². The number of nitrogens with one attached hydrogen (secondary N) is 2. The minimum absolute atomic E-state index is 0.0949. The fraction of sp³-hybridized carbons (Fsp3) is 0.647. The number of hydrogen-bond donors (Lipinski definition) is 2. The van der Waals surface area contributed by atoms with Gasteiger partial charge in [-0.15, -0.1) is 0 Å². The number of ether oxygens (including phenoxy) is 1. The SMILES string of the molecule is CSCC[C@H](NC(C)=O)C(=O)NC1CCC(Oc2cnccn2)CC1. The Morgan fingerprint density at radius 2 is 2.08 bits per heavy atom. The van der Waals surface area contributed by atoms with Gasteiger partial charge in [0, 0.05) is 25.4 Å². The quantitative estimate of drug-likeness (QED) is 0.725. The van der Waals surface area contributed by atoms with Crippen molar-refractivity contribution < 1.29 is 14.3 Å². The molecule has 0 aliphatic heterocycles. The van der Waals surface area contributed by atoms with E-state index in [1.807, 2.05) is 6.26 Å². The number of hydrogen-bond acceptors (Lipinski definition) is 6. The molecule has 1 saturated carbocycles. The van der Waals surface area contributed by atoms with Crippen molar-refractivity contribution >= 4 is 23.6 Å². The highest BCUT2D eigenvalue weighted by Gasteiger charge is 2.26. The van der Waals surface area contributed by atoms with E-state index in [4.69, 9.17) is 4.74 Å². The number of rotatable bonds is 8. The van der Waals surface area contributed by atoms with Crippen LogP contribution >= 0.6 is 11.8 Å². The highest BCUT2D eigenvalue weighted by atomic mass is 32.2. The van der Waals surface area contributed by atoms with Crippen molar-refractivity contribution in [3.63, 3.8) is 0 Å². The van der Waals surface area contributed by atoms with E-state index in [-0.39, 0.29) is 24.0 Å². The van der Waals surface area contributed by atoms with E-state index < -0.39 is 6.04 Å². The predicted molar refractivity (Wildman–Crippen MR) is 97.5 cm³/mol. The summed E-state index contributed by atoms with van der Waals surface area (Å²) >= 11 is 1.66. The summed E-state index contributed by atoms with van der Waals surface area (Å²) in [5, 5.41) is 5.81. The molecule has 0 radical (unpaired) electrons. The average molecular weight is 366 g/mol. The Hall–Kier alpha value is -1.83. The van der Waals surface area contributed by atoms with Crippen LogP contribution in [0.2, 0.25) is 0 Å². The molecule has 0 saturated heterocycles. The molecule has 1 aromatic heterocycles. The lowest BCUT2D eigenvalue weighted by atomic mass is 9.92. The van der Waals surface area contributed by atoms with Gasteiger partial charge in [-0.25, -0.2) is 4.98 Å². The highest BCUT2D eigenvalue weighted by molar-refractivity contribution is 7.98. The first-order chi connectivity index (χ1) is 12.1. The lowest BCUT2D eigenvalue weighted by molar-refractivity contribution is -0.128. The van der Waals surface area contributed by atoms with Crippen molar-refractivity contribution in [2.75, 3.05) is 12.0 Å². The van der Waals surface area contributed by atoms with Crippen molar-refractivity contribution in [2.24, 2.45) is 0 Å². The van der Waals surface area contributed by atoms with Gasteiger partial charge in [0.1, 0.15) is 12.1 Å². The van der Waals surface area contributed by atoms with Crippen molar-refractivity contribution in [3.8, 4) is 5.88 Å². The van der Waals surface area contributed by atoms with Gasteiger partial charge >= 0.3 is 0 Å². The smallest absolute Gasteiger partial charge is 0.242 e. The molecule has 0 unspecified atom stereocenters. The molecular formula is C17H26N4O3S. The van der Waals surface area contributed by atoms with Crippen LogP contribution in [0, 0.1) is 0 Å². The van der Waals surface area contributed by atoms with Crippen molar-refractivity contribution in [2.45, 2.75) is 57.2 Å². The Morgan fingerprint density at radius 1 is 1.32 bits per heavy atom. The number of nitrogens with zero attached hydrogens (tertiary/aromatic N) is 2. The van der Waals surface area contributed by atoms with Gasteiger partial charge in [-0.1, -0.05) is 0 Å². The first kappa shape index (κ1) is 19.5. The summed E-state index contributed by atoms with van der Waals surface area (Å²) in [5.74, 6) is 1.10. The molecule has 0 aromatic carbocycles. The molecule has 2 N–H and O–H groups in total. The van der Waals surface area contributed by atoms with Crippen LogP contribution in [0.1, 0.15) is 39.0 Å². The minimum Gasteiger partial charge on any atom is -0.473 e. The summed E-state index contributed by atoms with van der Waals surface area (Å²) in [5.41, 5.74) is 0. The zero-order chi connectivity index (χ0) is 18.1. The predicted octanol–water partition coefficient (Wildman–Crippen LogP) is 1.54. The molecule has 0 spiro atoms. The molecule has 1 atom stereocenters. The van der Waals surface area contributed by atoms with Crippen LogP contribution < -0.4 is 15.4 Å². The lowest BCUT2D eigenvalue weighted by Gasteiger charge is -2.30. The zero-order valence-corrected chi connectivity index (χ0v) is 15.6. The normalized spacial score (nSPS) is 21.2. The van der Waals surface area contributed by atoms with Crippen LogP contribution in [-0.4, -0.2) is 52.0 Å². The number of thioether (sulfide) groups is 1. The third kappa shape index (κ3) is 6.89. The van der Waals surface area contributed by atoms with Crippen LogP contribution in [0.4, 0.5) is 0 Å². The lowest BCUT2D eigenvalue weighted by Crippen LogP contribution is -2.50. The monoisotopic (exact) mass is 366 g/mol. The Labute approximate surface area is 152 Å². The summed E-state index contributed by atoms with van der Waals surface area (Å²) in [6, 6.07) is -0.335. The van der Waals surface area contributed by atoms with E-state index in [9.17, 15) is 9.59 Å². The van der Waals surface area contributed by atoms with Gasteiger partial charge in [-0.3, -0.25) is 14.6 Å². The van der Waals surface area contributed by atoms with Crippen molar-refractivity contribution in [1.29, 1.82) is 0 Å². The maximum atomic E-state index is 12.4. The third-order valence-electron chi connectivity index (χ3n) is 4.15. The van der Waals surface area contributed by atoms with Gasteiger partial charge in [0.25, 0.3) is 0 Å². The van der Waals surface area contributed by atoms with Gasteiger partial charge < -0.3 is 15.4 Å². The van der Waals surface area contributed by atoms with Crippen molar-refractivity contribution in [1.82, 2.24) is 20.6 Å². The fourth-order valence-corrected chi connectivity index (χ4v) is 3.37. The molecule has 1 heterocycles. The fourth-order valence-electron chi connectivity index (χ4n) is 2.89. The molecule has 138 valence electrons. The molecule has 1 aliphatic rings. The summed E-state index contributed by atoms with van der Waals surface area (Å²) in [6.07, 6.45) is 11.0. The maximum absolute atomic E-state index is 12.4. The minimum atomic E-state index is -0.460. The second-order valence-electron chi connectivity index (χ2n) is 6.18.